The average molecular weight is 205 g/mol. The smallest absolute Gasteiger partial charge is 0.124 e. The second-order valence-electron chi connectivity index (χ2n) is 3.58. The Morgan fingerprint density at radius 1 is 1.40 bits per heavy atom. The number of phenolic OH excluding ortho intramolecular Hbond substituents is 1. The molecule has 0 unspecified atom stereocenters. The maximum absolute atomic E-state index is 9.58. The normalized spacial score (nSPS) is 9.93. The Morgan fingerprint density at radius 3 is 2.87 bits per heavy atom. The van der Waals surface area contributed by atoms with E-state index in [2.05, 4.69) is 18.8 Å². The summed E-state index contributed by atoms with van der Waals surface area (Å²) in [6.45, 7) is 6.82. The first-order valence-corrected chi connectivity index (χ1v) is 5.48. The van der Waals surface area contributed by atoms with E-state index in [1.807, 2.05) is 12.1 Å². The van der Waals surface area contributed by atoms with E-state index in [1.165, 1.54) is 12.8 Å². The second kappa shape index (κ2) is 6.12. The van der Waals surface area contributed by atoms with Gasteiger partial charge in [-0.05, 0) is 18.6 Å². The quantitative estimate of drug-likeness (QED) is 0.695. The number of hydrogen-bond donors (Lipinski definition) is 2. The Bertz CT molecular complexity index is 320. The van der Waals surface area contributed by atoms with Gasteiger partial charge in [0.15, 0.2) is 0 Å². The van der Waals surface area contributed by atoms with Crippen molar-refractivity contribution >= 4 is 11.8 Å². The topological polar surface area (TPSA) is 32.3 Å². The summed E-state index contributed by atoms with van der Waals surface area (Å²) in [5.41, 5.74) is 1.75. The summed E-state index contributed by atoms with van der Waals surface area (Å²) in [7, 11) is 0. The SMILES string of the molecule is C=Cc1c(O)cccc1NCCCCC. The molecule has 0 radical (unpaired) electrons. The van der Waals surface area contributed by atoms with Crippen LogP contribution in [0.4, 0.5) is 5.69 Å². The summed E-state index contributed by atoms with van der Waals surface area (Å²) in [6, 6.07) is 5.47. The van der Waals surface area contributed by atoms with Crippen molar-refractivity contribution in [2.45, 2.75) is 26.2 Å². The Hall–Kier alpha value is -1.44. The van der Waals surface area contributed by atoms with Crippen LogP contribution in [0.3, 0.4) is 0 Å². The maximum atomic E-state index is 9.58. The first-order valence-electron chi connectivity index (χ1n) is 5.48. The van der Waals surface area contributed by atoms with Gasteiger partial charge in [-0.25, -0.2) is 0 Å². The van der Waals surface area contributed by atoms with Gasteiger partial charge in [0.05, 0.1) is 0 Å². The van der Waals surface area contributed by atoms with Crippen molar-refractivity contribution in [3.63, 3.8) is 0 Å². The van der Waals surface area contributed by atoms with Crippen molar-refractivity contribution < 1.29 is 5.11 Å². The molecule has 2 heteroatoms. The zero-order valence-electron chi connectivity index (χ0n) is 9.29. The third-order valence-corrected chi connectivity index (χ3v) is 2.38. The molecular formula is C13H19NO. The number of phenols is 1. The highest BCUT2D eigenvalue weighted by Gasteiger charge is 2.02. The number of rotatable bonds is 6. The van der Waals surface area contributed by atoms with Crippen LogP contribution in [0.15, 0.2) is 24.8 Å². The molecule has 0 fully saturated rings. The van der Waals surface area contributed by atoms with E-state index in [9.17, 15) is 5.11 Å². The van der Waals surface area contributed by atoms with Crippen molar-refractivity contribution in [3.8, 4) is 5.75 Å². The van der Waals surface area contributed by atoms with Gasteiger partial charge >= 0.3 is 0 Å². The molecule has 0 amide bonds. The molecule has 2 nitrogen and oxygen atoms in total. The van der Waals surface area contributed by atoms with Crippen molar-refractivity contribution in [2.24, 2.45) is 0 Å². The fourth-order valence-corrected chi connectivity index (χ4v) is 1.52. The van der Waals surface area contributed by atoms with Crippen LogP contribution in [0.1, 0.15) is 31.7 Å². The van der Waals surface area contributed by atoms with Crippen molar-refractivity contribution in [2.75, 3.05) is 11.9 Å². The maximum Gasteiger partial charge on any atom is 0.124 e. The average Bonchev–Trinajstić information content (AvgIpc) is 2.24. The molecule has 1 aromatic carbocycles. The van der Waals surface area contributed by atoms with Gasteiger partial charge in [-0.15, -0.1) is 0 Å². The molecule has 0 heterocycles. The molecule has 15 heavy (non-hydrogen) atoms. The molecule has 2 N–H and O–H groups in total. The summed E-state index contributed by atoms with van der Waals surface area (Å²) in [4.78, 5) is 0. The number of aromatic hydroxyl groups is 1. The molecule has 0 bridgehead atoms. The number of nitrogens with one attached hydrogen (secondary N) is 1. The predicted molar refractivity (Wildman–Crippen MR) is 66.2 cm³/mol. The van der Waals surface area contributed by atoms with Gasteiger partial charge in [-0.1, -0.05) is 38.5 Å². The van der Waals surface area contributed by atoms with Crippen LogP contribution in [-0.4, -0.2) is 11.7 Å². The minimum atomic E-state index is 0.283. The highest BCUT2D eigenvalue weighted by atomic mass is 16.3. The van der Waals surface area contributed by atoms with Gasteiger partial charge in [0.2, 0.25) is 0 Å². The summed E-state index contributed by atoms with van der Waals surface area (Å²) >= 11 is 0. The molecule has 0 saturated heterocycles. The first-order chi connectivity index (χ1) is 7.29. The van der Waals surface area contributed by atoms with Gasteiger partial charge in [0.25, 0.3) is 0 Å². The van der Waals surface area contributed by atoms with Gasteiger partial charge in [0, 0.05) is 17.8 Å². The van der Waals surface area contributed by atoms with Crippen molar-refractivity contribution in [1.82, 2.24) is 0 Å². The molecule has 0 spiro atoms. The summed E-state index contributed by atoms with van der Waals surface area (Å²) in [5.74, 6) is 0.283. The molecule has 0 aliphatic carbocycles. The third kappa shape index (κ3) is 3.31. The molecular weight excluding hydrogens is 186 g/mol. The van der Waals surface area contributed by atoms with E-state index in [-0.39, 0.29) is 5.75 Å². The van der Waals surface area contributed by atoms with Crippen LogP contribution < -0.4 is 5.32 Å². The number of unbranched alkanes of at least 4 members (excludes halogenated alkanes) is 2. The first kappa shape index (κ1) is 11.6. The van der Waals surface area contributed by atoms with E-state index in [0.29, 0.717) is 0 Å². The fourth-order valence-electron chi connectivity index (χ4n) is 1.52. The summed E-state index contributed by atoms with van der Waals surface area (Å²) in [6.07, 6.45) is 5.28. The number of benzene rings is 1. The minimum Gasteiger partial charge on any atom is -0.507 e. The third-order valence-electron chi connectivity index (χ3n) is 2.38. The number of hydrogen-bond acceptors (Lipinski definition) is 2. The second-order valence-corrected chi connectivity index (χ2v) is 3.58. The lowest BCUT2D eigenvalue weighted by Gasteiger charge is -2.10. The van der Waals surface area contributed by atoms with Gasteiger partial charge in [-0.3, -0.25) is 0 Å². The molecule has 0 saturated carbocycles. The summed E-state index contributed by atoms with van der Waals surface area (Å²) < 4.78 is 0. The molecule has 0 aromatic heterocycles. The standard InChI is InChI=1S/C13H19NO/c1-3-5-6-10-14-12-8-7-9-13(15)11(12)4-2/h4,7-9,14-15H,2-3,5-6,10H2,1H3. The number of anilines is 1. The highest BCUT2D eigenvalue weighted by Crippen LogP contribution is 2.26. The van der Waals surface area contributed by atoms with E-state index < -0.39 is 0 Å². The Kier molecular flexibility index (Phi) is 4.75. The van der Waals surface area contributed by atoms with Crippen LogP contribution in [0.25, 0.3) is 6.08 Å². The molecule has 1 rings (SSSR count). The Morgan fingerprint density at radius 2 is 2.20 bits per heavy atom. The highest BCUT2D eigenvalue weighted by molar-refractivity contribution is 5.70. The molecule has 0 atom stereocenters. The van der Waals surface area contributed by atoms with Gasteiger partial charge in [-0.2, -0.15) is 0 Å². The molecule has 0 aliphatic rings. The van der Waals surface area contributed by atoms with Gasteiger partial charge < -0.3 is 10.4 Å². The van der Waals surface area contributed by atoms with Crippen LogP contribution in [0, 0.1) is 0 Å². The Balaban J connectivity index is 2.60. The fraction of sp³-hybridized carbons (Fsp3) is 0.385. The summed E-state index contributed by atoms with van der Waals surface area (Å²) in [5, 5.41) is 12.9. The van der Waals surface area contributed by atoms with E-state index in [1.54, 1.807) is 12.1 Å². The van der Waals surface area contributed by atoms with Crippen LogP contribution in [0.2, 0.25) is 0 Å². The minimum absolute atomic E-state index is 0.283. The largest absolute Gasteiger partial charge is 0.507 e. The zero-order valence-corrected chi connectivity index (χ0v) is 9.29. The lowest BCUT2D eigenvalue weighted by Crippen LogP contribution is -2.02. The van der Waals surface area contributed by atoms with Crippen LogP contribution in [0.5, 0.6) is 5.75 Å². The van der Waals surface area contributed by atoms with E-state index >= 15 is 0 Å². The zero-order chi connectivity index (χ0) is 11.1. The van der Waals surface area contributed by atoms with Crippen molar-refractivity contribution in [3.05, 3.63) is 30.3 Å². The molecule has 82 valence electrons. The van der Waals surface area contributed by atoms with Gasteiger partial charge in [0.1, 0.15) is 5.75 Å². The van der Waals surface area contributed by atoms with Crippen LogP contribution >= 0.6 is 0 Å². The Labute approximate surface area is 91.6 Å². The lowest BCUT2D eigenvalue weighted by atomic mass is 10.1. The van der Waals surface area contributed by atoms with Crippen LogP contribution in [-0.2, 0) is 0 Å². The van der Waals surface area contributed by atoms with E-state index in [0.717, 1.165) is 24.2 Å². The molecule has 1 aromatic rings. The monoisotopic (exact) mass is 205 g/mol. The predicted octanol–water partition coefficient (Wildman–Crippen LogP) is 3.64. The van der Waals surface area contributed by atoms with Crippen molar-refractivity contribution in [1.29, 1.82) is 0 Å². The lowest BCUT2D eigenvalue weighted by molar-refractivity contribution is 0.474. The van der Waals surface area contributed by atoms with E-state index in [4.69, 9.17) is 0 Å². The molecule has 0 aliphatic heterocycles.